The molecule has 1 fully saturated rings. The summed E-state index contributed by atoms with van der Waals surface area (Å²) in [6.07, 6.45) is 2.43. The molecule has 0 radical (unpaired) electrons. The number of aromatic nitrogens is 2. The fraction of sp³-hybridized carbons (Fsp3) is 0.667. The zero-order valence-corrected chi connectivity index (χ0v) is 8.19. The van der Waals surface area contributed by atoms with Crippen molar-refractivity contribution < 1.29 is 4.42 Å². The summed E-state index contributed by atoms with van der Waals surface area (Å²) in [5.74, 6) is 1.98. The maximum absolute atomic E-state index is 5.24. The van der Waals surface area contributed by atoms with Gasteiger partial charge in [-0.05, 0) is 18.6 Å². The zero-order valence-electron chi connectivity index (χ0n) is 5.79. The lowest BCUT2D eigenvalue weighted by atomic mass is 10.2. The van der Waals surface area contributed by atoms with Crippen molar-refractivity contribution in [1.29, 1.82) is 0 Å². The van der Waals surface area contributed by atoms with Gasteiger partial charge in [0, 0.05) is 15.9 Å². The molecule has 0 spiro atoms. The van der Waals surface area contributed by atoms with Crippen molar-refractivity contribution in [2.45, 2.75) is 18.1 Å². The molecule has 1 aliphatic rings. The Labute approximate surface area is 77.1 Å². The number of hydrogen-bond acceptors (Lipinski definition) is 4. The van der Waals surface area contributed by atoms with Crippen LogP contribution in [0.2, 0.25) is 0 Å². The third-order valence-electron chi connectivity index (χ3n) is 1.62. The van der Waals surface area contributed by atoms with Crippen LogP contribution in [-0.2, 0) is 0 Å². The highest BCUT2D eigenvalue weighted by atomic mass is 79.9. The van der Waals surface area contributed by atoms with Crippen LogP contribution in [0.5, 0.6) is 0 Å². The summed E-state index contributed by atoms with van der Waals surface area (Å²) in [5.41, 5.74) is 0. The molecule has 1 unspecified atom stereocenters. The van der Waals surface area contributed by atoms with Gasteiger partial charge in [0.05, 0.1) is 5.25 Å². The molecule has 0 N–H and O–H groups in total. The minimum atomic E-state index is 0.439. The van der Waals surface area contributed by atoms with E-state index in [-0.39, 0.29) is 0 Å². The van der Waals surface area contributed by atoms with Crippen LogP contribution in [0.3, 0.4) is 0 Å². The molecule has 1 saturated heterocycles. The van der Waals surface area contributed by atoms with Gasteiger partial charge in [-0.25, -0.2) is 0 Å². The average Bonchev–Trinajstić information content (AvgIpc) is 2.55. The van der Waals surface area contributed by atoms with Crippen LogP contribution in [0.1, 0.15) is 24.0 Å². The van der Waals surface area contributed by atoms with E-state index < -0.39 is 0 Å². The van der Waals surface area contributed by atoms with Gasteiger partial charge in [0.1, 0.15) is 0 Å². The summed E-state index contributed by atoms with van der Waals surface area (Å²) in [6.45, 7) is 0. The SMILES string of the molecule is Brc1nnc(C2CCCS2)o1. The summed E-state index contributed by atoms with van der Waals surface area (Å²) in [6, 6.07) is 0. The van der Waals surface area contributed by atoms with Gasteiger partial charge < -0.3 is 4.42 Å². The highest BCUT2D eigenvalue weighted by Gasteiger charge is 2.22. The molecule has 0 amide bonds. The first-order valence-electron chi connectivity index (χ1n) is 3.47. The summed E-state index contributed by atoms with van der Waals surface area (Å²) in [4.78, 5) is 0.486. The fourth-order valence-electron chi connectivity index (χ4n) is 1.12. The van der Waals surface area contributed by atoms with Crippen LogP contribution < -0.4 is 0 Å². The molecule has 0 aromatic carbocycles. The van der Waals surface area contributed by atoms with Crippen LogP contribution in [0.15, 0.2) is 9.22 Å². The predicted octanol–water partition coefficient (Wildman–Crippen LogP) is 2.40. The lowest BCUT2D eigenvalue weighted by Gasteiger charge is -1.98. The molecule has 2 heterocycles. The van der Waals surface area contributed by atoms with Crippen molar-refractivity contribution in [2.75, 3.05) is 5.75 Å². The molecule has 60 valence electrons. The van der Waals surface area contributed by atoms with Gasteiger partial charge in [0.2, 0.25) is 5.89 Å². The van der Waals surface area contributed by atoms with Crippen molar-refractivity contribution in [1.82, 2.24) is 10.2 Å². The second-order valence-corrected chi connectivity index (χ2v) is 4.38. The molecule has 5 heteroatoms. The van der Waals surface area contributed by atoms with Gasteiger partial charge in [-0.15, -0.1) is 22.0 Å². The third kappa shape index (κ3) is 1.59. The van der Waals surface area contributed by atoms with E-state index in [0.717, 1.165) is 5.89 Å². The zero-order chi connectivity index (χ0) is 7.68. The van der Waals surface area contributed by atoms with Gasteiger partial charge in [0.25, 0.3) is 4.80 Å². The highest BCUT2D eigenvalue weighted by Crippen LogP contribution is 2.39. The van der Waals surface area contributed by atoms with Crippen molar-refractivity contribution in [3.8, 4) is 0 Å². The van der Waals surface area contributed by atoms with E-state index in [1.165, 1.54) is 18.6 Å². The number of halogens is 1. The van der Waals surface area contributed by atoms with Crippen LogP contribution in [-0.4, -0.2) is 16.0 Å². The highest BCUT2D eigenvalue weighted by molar-refractivity contribution is 9.10. The molecule has 3 nitrogen and oxygen atoms in total. The van der Waals surface area contributed by atoms with Crippen molar-refractivity contribution in [3.05, 3.63) is 10.7 Å². The lowest BCUT2D eigenvalue weighted by Crippen LogP contribution is -1.87. The topological polar surface area (TPSA) is 38.9 Å². The van der Waals surface area contributed by atoms with E-state index in [4.69, 9.17) is 4.42 Å². The number of rotatable bonds is 1. The Bertz CT molecular complexity index is 246. The van der Waals surface area contributed by atoms with E-state index >= 15 is 0 Å². The number of hydrogen-bond donors (Lipinski definition) is 0. The van der Waals surface area contributed by atoms with Crippen molar-refractivity contribution in [2.24, 2.45) is 0 Å². The normalized spacial score (nSPS) is 24.3. The molecule has 1 aliphatic heterocycles. The fourth-order valence-corrected chi connectivity index (χ4v) is 2.55. The lowest BCUT2D eigenvalue weighted by molar-refractivity contribution is 0.465. The molecule has 1 aromatic rings. The molecule has 1 atom stereocenters. The van der Waals surface area contributed by atoms with E-state index in [9.17, 15) is 0 Å². The quantitative estimate of drug-likeness (QED) is 0.749. The summed E-state index contributed by atoms with van der Waals surface area (Å²) in [5, 5.41) is 8.10. The van der Waals surface area contributed by atoms with Gasteiger partial charge >= 0.3 is 0 Å². The maximum atomic E-state index is 5.24. The molecule has 0 saturated carbocycles. The largest absolute Gasteiger partial charge is 0.414 e. The molecule has 1 aromatic heterocycles. The average molecular weight is 235 g/mol. The van der Waals surface area contributed by atoms with Gasteiger partial charge in [-0.1, -0.05) is 0 Å². The van der Waals surface area contributed by atoms with Crippen LogP contribution in [0.25, 0.3) is 0 Å². The summed E-state index contributed by atoms with van der Waals surface area (Å²) >= 11 is 5.02. The van der Waals surface area contributed by atoms with E-state index in [1.54, 1.807) is 0 Å². The first-order valence-corrected chi connectivity index (χ1v) is 5.31. The van der Waals surface area contributed by atoms with E-state index in [2.05, 4.69) is 26.1 Å². The Balaban J connectivity index is 2.15. The minimum absolute atomic E-state index is 0.439. The van der Waals surface area contributed by atoms with Gasteiger partial charge in [-0.3, -0.25) is 0 Å². The second kappa shape index (κ2) is 3.15. The third-order valence-corrected chi connectivity index (χ3v) is 3.31. The molecule has 0 aliphatic carbocycles. The Morgan fingerprint density at radius 2 is 2.45 bits per heavy atom. The molecule has 11 heavy (non-hydrogen) atoms. The first-order chi connectivity index (χ1) is 5.36. The number of nitrogens with zero attached hydrogens (tertiary/aromatic N) is 2. The van der Waals surface area contributed by atoms with Crippen LogP contribution >= 0.6 is 27.7 Å². The van der Waals surface area contributed by atoms with Crippen LogP contribution in [0, 0.1) is 0 Å². The van der Waals surface area contributed by atoms with Gasteiger partial charge in [-0.2, -0.15) is 0 Å². The predicted molar refractivity (Wildman–Crippen MR) is 46.4 cm³/mol. The Morgan fingerprint density at radius 3 is 3.00 bits per heavy atom. The Kier molecular flexibility index (Phi) is 2.18. The monoisotopic (exact) mass is 234 g/mol. The van der Waals surface area contributed by atoms with Crippen molar-refractivity contribution >= 4 is 27.7 Å². The summed E-state index contributed by atoms with van der Waals surface area (Å²) in [7, 11) is 0. The number of thioether (sulfide) groups is 1. The van der Waals surface area contributed by atoms with E-state index in [1.807, 2.05) is 11.8 Å². The first kappa shape index (κ1) is 7.61. The maximum Gasteiger partial charge on any atom is 0.284 e. The Morgan fingerprint density at radius 1 is 1.55 bits per heavy atom. The molecule has 0 bridgehead atoms. The smallest absolute Gasteiger partial charge is 0.284 e. The van der Waals surface area contributed by atoms with E-state index in [0.29, 0.717) is 10.0 Å². The van der Waals surface area contributed by atoms with Crippen LogP contribution in [0.4, 0.5) is 0 Å². The minimum Gasteiger partial charge on any atom is -0.414 e. The van der Waals surface area contributed by atoms with Crippen molar-refractivity contribution in [3.63, 3.8) is 0 Å². The molecule has 2 rings (SSSR count). The Hall–Kier alpha value is -0.0300. The molecular weight excluding hydrogens is 228 g/mol. The van der Waals surface area contributed by atoms with Gasteiger partial charge in [0.15, 0.2) is 0 Å². The second-order valence-electron chi connectivity index (χ2n) is 2.39. The standard InChI is InChI=1S/C6H7BrN2OS/c7-6-9-8-5(10-6)4-2-1-3-11-4/h4H,1-3H2. The summed E-state index contributed by atoms with van der Waals surface area (Å²) < 4.78 is 5.24. The molecular formula is C6H7BrN2OS.